The van der Waals surface area contributed by atoms with Crippen LogP contribution in [0.25, 0.3) is 0 Å². The Morgan fingerprint density at radius 1 is 0.818 bits per heavy atom. The second-order valence-corrected chi connectivity index (χ2v) is 12.1. The van der Waals surface area contributed by atoms with Crippen LogP contribution in [-0.2, 0) is 18.9 Å². The molecule has 3 rings (SSSR count). The Morgan fingerprint density at radius 3 is 1.84 bits per heavy atom. The van der Waals surface area contributed by atoms with Gasteiger partial charge in [-0.1, -0.05) is 103 Å². The summed E-state index contributed by atoms with van der Waals surface area (Å²) in [5.74, 6) is -1.16. The number of ether oxygens (including phenoxy) is 4. The van der Waals surface area contributed by atoms with Crippen molar-refractivity contribution in [3.63, 3.8) is 0 Å². The average Bonchev–Trinajstić information content (AvgIpc) is 3.29. The minimum atomic E-state index is -1.51. The third-order valence-corrected chi connectivity index (χ3v) is 8.75. The molecule has 1 aromatic rings. The van der Waals surface area contributed by atoms with Gasteiger partial charge in [-0.05, 0) is 18.6 Å². The Balaban J connectivity index is 1.35. The largest absolute Gasteiger partial charge is 0.388 e. The highest BCUT2D eigenvalue weighted by Crippen LogP contribution is 2.32. The van der Waals surface area contributed by atoms with Gasteiger partial charge in [0.2, 0.25) is 0 Å². The van der Waals surface area contributed by atoms with E-state index in [0.717, 1.165) is 17.7 Å². The van der Waals surface area contributed by atoms with Gasteiger partial charge in [0.1, 0.15) is 30.5 Å². The highest BCUT2D eigenvalue weighted by Gasteiger charge is 2.53. The number of hydrogen-bond acceptors (Lipinski definition) is 9. The van der Waals surface area contributed by atoms with Crippen molar-refractivity contribution in [1.82, 2.24) is 4.90 Å². The molecule has 0 aliphatic carbocycles. The third kappa shape index (κ3) is 10.6. The first-order chi connectivity index (χ1) is 21.4. The summed E-state index contributed by atoms with van der Waals surface area (Å²) in [7, 11) is 1.55. The van der Waals surface area contributed by atoms with Gasteiger partial charge in [0, 0.05) is 20.3 Å². The molecule has 6 atom stereocenters. The Kier molecular flexibility index (Phi) is 16.8. The van der Waals surface area contributed by atoms with Crippen molar-refractivity contribution >= 4 is 11.8 Å². The van der Waals surface area contributed by atoms with Gasteiger partial charge in [0.05, 0.1) is 24.3 Å². The second kappa shape index (κ2) is 20.3. The summed E-state index contributed by atoms with van der Waals surface area (Å²) in [6.45, 7) is 3.12. The number of carbonyl (C=O) groups is 2. The molecule has 250 valence electrons. The minimum absolute atomic E-state index is 0.0275. The maximum absolute atomic E-state index is 13.2. The zero-order valence-electron chi connectivity index (χ0n) is 26.9. The zero-order valence-corrected chi connectivity index (χ0v) is 26.9. The number of nitrogens with zero attached hydrogens (tertiary/aromatic N) is 1. The molecule has 2 aliphatic rings. The summed E-state index contributed by atoms with van der Waals surface area (Å²) in [6.07, 6.45) is 12.7. The number of aliphatic hydroxyl groups is 2. The summed E-state index contributed by atoms with van der Waals surface area (Å²) >= 11 is 0. The van der Waals surface area contributed by atoms with E-state index in [1.54, 1.807) is 31.4 Å². The Morgan fingerprint density at radius 2 is 1.34 bits per heavy atom. The predicted octanol–water partition coefficient (Wildman–Crippen LogP) is 4.59. The maximum Gasteiger partial charge on any atom is 0.262 e. The number of unbranched alkanes of at least 4 members (excludes halogenated alkanes) is 13. The molecular formula is C34H56N2O8. The summed E-state index contributed by atoms with van der Waals surface area (Å²) in [6, 6.07) is 5.16. The molecule has 10 heteroatoms. The fourth-order valence-electron chi connectivity index (χ4n) is 6.00. The molecule has 44 heavy (non-hydrogen) atoms. The molecule has 0 aromatic heterocycles. The molecule has 2 aliphatic heterocycles. The van der Waals surface area contributed by atoms with Crippen molar-refractivity contribution in [1.29, 1.82) is 0 Å². The molecule has 1 aromatic carbocycles. The Labute approximate surface area is 263 Å². The number of amides is 2. The second-order valence-electron chi connectivity index (χ2n) is 12.1. The van der Waals surface area contributed by atoms with Crippen molar-refractivity contribution < 1.29 is 38.7 Å². The lowest BCUT2D eigenvalue weighted by atomic mass is 9.95. The highest BCUT2D eigenvalue weighted by atomic mass is 16.7. The predicted molar refractivity (Wildman–Crippen MR) is 168 cm³/mol. The van der Waals surface area contributed by atoms with Gasteiger partial charge in [-0.25, -0.2) is 0 Å². The molecule has 3 unspecified atom stereocenters. The van der Waals surface area contributed by atoms with Crippen LogP contribution in [0.4, 0.5) is 0 Å². The van der Waals surface area contributed by atoms with Crippen molar-refractivity contribution in [2.24, 2.45) is 5.73 Å². The minimum Gasteiger partial charge on any atom is -0.388 e. The Bertz CT molecular complexity index is 943. The van der Waals surface area contributed by atoms with Crippen molar-refractivity contribution in [2.75, 3.05) is 33.5 Å². The molecule has 4 N–H and O–H groups in total. The monoisotopic (exact) mass is 620 g/mol. The van der Waals surface area contributed by atoms with Crippen molar-refractivity contribution in [2.45, 2.75) is 134 Å². The van der Waals surface area contributed by atoms with Gasteiger partial charge in [0.25, 0.3) is 11.8 Å². The van der Waals surface area contributed by atoms with Crippen LogP contribution < -0.4 is 5.73 Å². The molecule has 0 spiro atoms. The summed E-state index contributed by atoms with van der Waals surface area (Å²) in [5, 5.41) is 21.6. The number of hydrogen-bond donors (Lipinski definition) is 3. The van der Waals surface area contributed by atoms with E-state index in [-0.39, 0.29) is 24.3 Å². The number of aliphatic hydroxyl groups excluding tert-OH is 2. The van der Waals surface area contributed by atoms with Gasteiger partial charge in [-0.2, -0.15) is 0 Å². The SMILES string of the molecule is CCCCCCCCCCCCCCCCOCC(CO[C@@H]1OC(CN)[C@@H](O)[C@H](O)C1N1C(=O)c2ccccc2C1=O)OC. The van der Waals surface area contributed by atoms with E-state index >= 15 is 0 Å². The van der Waals surface area contributed by atoms with Crippen LogP contribution in [0.1, 0.15) is 118 Å². The highest BCUT2D eigenvalue weighted by molar-refractivity contribution is 6.21. The molecule has 2 amide bonds. The molecule has 1 saturated heterocycles. The number of benzene rings is 1. The lowest BCUT2D eigenvalue weighted by Crippen LogP contribution is -2.66. The summed E-state index contributed by atoms with van der Waals surface area (Å²) in [4.78, 5) is 27.2. The number of imide groups is 1. The molecule has 0 saturated carbocycles. The number of nitrogens with two attached hydrogens (primary N) is 1. The first-order valence-electron chi connectivity index (χ1n) is 16.8. The van der Waals surface area contributed by atoms with Crippen LogP contribution in [0.5, 0.6) is 0 Å². The van der Waals surface area contributed by atoms with Crippen LogP contribution in [0.3, 0.4) is 0 Å². The lowest BCUT2D eigenvalue weighted by Gasteiger charge is -2.45. The van der Waals surface area contributed by atoms with E-state index in [9.17, 15) is 19.8 Å². The normalized spacial score (nSPS) is 24.2. The standard InChI is InChI=1S/C34H56N2O8/c1-3-4-5-6-7-8-9-10-11-12-13-14-15-18-21-42-23-25(41-2)24-43-34-29(31(38)30(37)28(22-35)44-34)36-32(39)26-19-16-17-20-27(26)33(36)40/h16-17,19-20,25,28-31,34,37-38H,3-15,18,21-24,35H2,1-2H3/t25?,28?,29?,30-,31-,34-/m1/s1. The van der Waals surface area contributed by atoms with E-state index < -0.39 is 48.6 Å². The number of carbonyl (C=O) groups excluding carboxylic acids is 2. The van der Waals surface area contributed by atoms with Gasteiger partial charge in [-0.15, -0.1) is 0 Å². The fraction of sp³-hybridized carbons (Fsp3) is 0.765. The van der Waals surface area contributed by atoms with E-state index in [0.29, 0.717) is 13.2 Å². The first kappa shape index (κ1) is 36.5. The molecule has 0 radical (unpaired) electrons. The fourth-order valence-corrected chi connectivity index (χ4v) is 6.00. The van der Waals surface area contributed by atoms with Gasteiger partial charge >= 0.3 is 0 Å². The quantitative estimate of drug-likeness (QED) is 0.118. The molecule has 0 bridgehead atoms. The maximum atomic E-state index is 13.2. The number of rotatable bonds is 23. The van der Waals surface area contributed by atoms with Crippen LogP contribution in [0, 0.1) is 0 Å². The van der Waals surface area contributed by atoms with E-state index in [1.165, 1.54) is 77.0 Å². The van der Waals surface area contributed by atoms with Gasteiger partial charge in [0.15, 0.2) is 6.29 Å². The topological polar surface area (TPSA) is 141 Å². The first-order valence-corrected chi connectivity index (χ1v) is 16.8. The van der Waals surface area contributed by atoms with Crippen LogP contribution in [0.2, 0.25) is 0 Å². The average molecular weight is 621 g/mol. The van der Waals surface area contributed by atoms with E-state index in [2.05, 4.69) is 6.92 Å². The molecular weight excluding hydrogens is 564 g/mol. The zero-order chi connectivity index (χ0) is 31.7. The number of fused-ring (bicyclic) bond motifs is 1. The van der Waals surface area contributed by atoms with Crippen LogP contribution in [-0.4, -0.2) is 97.2 Å². The van der Waals surface area contributed by atoms with Crippen molar-refractivity contribution in [3.8, 4) is 0 Å². The van der Waals surface area contributed by atoms with E-state index in [4.69, 9.17) is 24.7 Å². The molecule has 1 fully saturated rings. The molecule has 2 heterocycles. The van der Waals surface area contributed by atoms with Gasteiger partial charge < -0.3 is 34.9 Å². The number of methoxy groups -OCH3 is 1. The summed E-state index contributed by atoms with van der Waals surface area (Å²) in [5.41, 5.74) is 6.21. The van der Waals surface area contributed by atoms with Crippen LogP contribution >= 0.6 is 0 Å². The smallest absolute Gasteiger partial charge is 0.262 e. The van der Waals surface area contributed by atoms with Crippen molar-refractivity contribution in [3.05, 3.63) is 35.4 Å². The van der Waals surface area contributed by atoms with Gasteiger partial charge in [-0.3, -0.25) is 14.5 Å². The Hall–Kier alpha value is -1.92. The summed E-state index contributed by atoms with van der Waals surface area (Å²) < 4.78 is 23.2. The van der Waals surface area contributed by atoms with Crippen LogP contribution in [0.15, 0.2) is 24.3 Å². The lowest BCUT2D eigenvalue weighted by molar-refractivity contribution is -0.277. The van der Waals surface area contributed by atoms with E-state index in [1.807, 2.05) is 0 Å². The molecule has 10 nitrogen and oxygen atoms in total. The third-order valence-electron chi connectivity index (χ3n) is 8.75.